The number of aromatic nitrogens is 1. The van der Waals surface area contributed by atoms with Crippen LogP contribution in [0.25, 0.3) is 0 Å². The third kappa shape index (κ3) is 8.29. The first kappa shape index (κ1) is 30.9. The lowest BCUT2D eigenvalue weighted by atomic mass is 9.87. The van der Waals surface area contributed by atoms with E-state index in [1.54, 1.807) is 13.0 Å². The van der Waals surface area contributed by atoms with Gasteiger partial charge in [-0.15, -0.1) is 0 Å². The van der Waals surface area contributed by atoms with Crippen LogP contribution in [-0.2, 0) is 27.1 Å². The van der Waals surface area contributed by atoms with E-state index in [2.05, 4.69) is 29.7 Å². The van der Waals surface area contributed by atoms with Crippen molar-refractivity contribution in [2.24, 2.45) is 11.3 Å². The van der Waals surface area contributed by atoms with Crippen LogP contribution in [0.4, 0.5) is 10.2 Å². The molecule has 2 saturated heterocycles. The maximum atomic E-state index is 13.6. The second-order valence-electron chi connectivity index (χ2n) is 13.0. The van der Waals surface area contributed by atoms with Crippen molar-refractivity contribution in [3.05, 3.63) is 58.5 Å². The Balaban J connectivity index is 0.000000193. The van der Waals surface area contributed by atoms with Crippen molar-refractivity contribution < 1.29 is 25.2 Å². The van der Waals surface area contributed by atoms with Gasteiger partial charge in [-0.05, 0) is 124 Å². The van der Waals surface area contributed by atoms with Crippen LogP contribution in [0.15, 0.2) is 30.3 Å². The number of carbonyl (C=O) groups is 1. The molecule has 42 heavy (non-hydrogen) atoms. The molecule has 0 amide bonds. The summed E-state index contributed by atoms with van der Waals surface area (Å²) in [6.45, 7) is 8.64. The maximum absolute atomic E-state index is 13.6. The van der Waals surface area contributed by atoms with Gasteiger partial charge in [0.1, 0.15) is 11.6 Å². The van der Waals surface area contributed by atoms with Crippen LogP contribution in [0.3, 0.4) is 0 Å². The Morgan fingerprint density at radius 2 is 2.12 bits per heavy atom. The number of benzene rings is 1. The number of hydrogen-bond donors (Lipinski definition) is 3. The summed E-state index contributed by atoms with van der Waals surface area (Å²) < 4.78 is 25.6. The molecule has 232 valence electrons. The van der Waals surface area contributed by atoms with E-state index in [0.29, 0.717) is 23.0 Å². The lowest BCUT2D eigenvalue weighted by Gasteiger charge is -2.22. The van der Waals surface area contributed by atoms with Gasteiger partial charge in [-0.2, -0.15) is 0 Å². The molecule has 1 unspecified atom stereocenters. The van der Waals surface area contributed by atoms with E-state index < -0.39 is 17.7 Å². The third-order valence-corrected chi connectivity index (χ3v) is 9.33. The van der Waals surface area contributed by atoms with Crippen molar-refractivity contribution in [1.29, 1.82) is 0 Å². The number of aliphatic carboxylic acids is 1. The number of nitrogens with zero attached hydrogens (tertiary/aromatic N) is 1. The van der Waals surface area contributed by atoms with Crippen LogP contribution in [-0.4, -0.2) is 55.0 Å². The molecular formula is C34H50FN3O4. The minimum absolute atomic E-state index is 0. The van der Waals surface area contributed by atoms with E-state index in [-0.39, 0.29) is 7.53 Å². The molecule has 1 spiro atoms. The summed E-state index contributed by atoms with van der Waals surface area (Å²) in [5.74, 6) is -0.419. The van der Waals surface area contributed by atoms with E-state index in [0.717, 1.165) is 76.3 Å². The average molecular weight is 584 g/mol. The van der Waals surface area contributed by atoms with Gasteiger partial charge < -0.3 is 25.2 Å². The Kier molecular flexibility index (Phi) is 10.5. The Morgan fingerprint density at radius 1 is 1.26 bits per heavy atom. The molecule has 1 aromatic carbocycles. The number of nitrogens with one attached hydrogen (secondary N) is 2. The smallest absolute Gasteiger partial charge is 0.310 e. The van der Waals surface area contributed by atoms with Crippen molar-refractivity contribution in [2.45, 2.75) is 96.2 Å². The molecule has 6 rings (SSSR count). The number of hydrogen-bond acceptors (Lipinski definition) is 6. The van der Waals surface area contributed by atoms with Gasteiger partial charge in [-0.1, -0.05) is 19.1 Å². The topological polar surface area (TPSA) is 92.7 Å². The number of unbranched alkanes of at least 4 members (excludes halogenated alkanes) is 1. The molecule has 0 radical (unpaired) electrons. The zero-order chi connectivity index (χ0) is 29.5. The molecule has 3 aliphatic heterocycles. The van der Waals surface area contributed by atoms with Crippen molar-refractivity contribution in [1.82, 2.24) is 10.3 Å². The first-order chi connectivity index (χ1) is 20.3. The summed E-state index contributed by atoms with van der Waals surface area (Å²) in [6, 6.07) is 8.88. The molecule has 2 aromatic rings. The van der Waals surface area contributed by atoms with Crippen LogP contribution in [0, 0.1) is 17.2 Å². The van der Waals surface area contributed by atoms with Crippen molar-refractivity contribution in [3.63, 3.8) is 0 Å². The monoisotopic (exact) mass is 583 g/mol. The number of anilines is 1. The highest BCUT2D eigenvalue weighted by molar-refractivity contribution is 5.76. The second kappa shape index (κ2) is 14.3. The van der Waals surface area contributed by atoms with E-state index in [9.17, 15) is 14.3 Å². The Labute approximate surface area is 251 Å². The zero-order valence-corrected chi connectivity index (χ0v) is 25.3. The van der Waals surface area contributed by atoms with Gasteiger partial charge in [-0.3, -0.25) is 4.79 Å². The lowest BCUT2D eigenvalue weighted by molar-refractivity contribution is -0.138. The van der Waals surface area contributed by atoms with Crippen LogP contribution in [0.2, 0.25) is 0 Å². The van der Waals surface area contributed by atoms with Crippen LogP contribution >= 0.6 is 0 Å². The predicted octanol–water partition coefficient (Wildman–Crippen LogP) is 6.67. The maximum Gasteiger partial charge on any atom is 0.310 e. The van der Waals surface area contributed by atoms with E-state index in [1.165, 1.54) is 55.5 Å². The number of carboxylic acid groups (broad SMARTS) is 1. The van der Waals surface area contributed by atoms with Gasteiger partial charge in [0.25, 0.3) is 0 Å². The number of aryl methyl sites for hydroxylation is 2. The number of halogens is 1. The highest BCUT2D eigenvalue weighted by Crippen LogP contribution is 2.54. The molecule has 4 aliphatic rings. The number of rotatable bonds is 9. The van der Waals surface area contributed by atoms with Gasteiger partial charge >= 0.3 is 5.97 Å². The lowest BCUT2D eigenvalue weighted by Crippen LogP contribution is -2.17. The molecule has 8 heteroatoms. The van der Waals surface area contributed by atoms with Crippen molar-refractivity contribution >= 4 is 11.8 Å². The Bertz CT molecular complexity index is 1200. The molecular weight excluding hydrogens is 533 g/mol. The number of pyridine rings is 1. The predicted molar refractivity (Wildman–Crippen MR) is 165 cm³/mol. The molecule has 3 N–H and O–H groups in total. The van der Waals surface area contributed by atoms with Crippen molar-refractivity contribution in [2.75, 3.05) is 38.2 Å². The van der Waals surface area contributed by atoms with E-state index >= 15 is 0 Å². The van der Waals surface area contributed by atoms with E-state index in [4.69, 9.17) is 14.5 Å². The Morgan fingerprint density at radius 3 is 2.88 bits per heavy atom. The normalized spacial score (nSPS) is 25.0. The molecule has 4 atom stereocenters. The highest BCUT2D eigenvalue weighted by atomic mass is 19.1. The SMILES string of the molecule is CC1C[C@@H](c2ccc(F)cc2[C@H](C)C(=O)O)OCC2(CC2)C1.[HH].c1cc2c(nc1CCCCO[C@@H]1CCNC1)NCCC2. The quantitative estimate of drug-likeness (QED) is 0.284. The van der Waals surface area contributed by atoms with Crippen molar-refractivity contribution in [3.8, 4) is 0 Å². The molecule has 3 fully saturated rings. The summed E-state index contributed by atoms with van der Waals surface area (Å²) in [5, 5.41) is 16.0. The van der Waals surface area contributed by atoms with Gasteiger partial charge in [0.2, 0.25) is 0 Å². The Hall–Kier alpha value is -2.55. The molecule has 1 saturated carbocycles. The largest absolute Gasteiger partial charge is 0.481 e. The summed E-state index contributed by atoms with van der Waals surface area (Å²) >= 11 is 0. The van der Waals surface area contributed by atoms with Gasteiger partial charge in [0.05, 0.1) is 24.7 Å². The molecule has 1 aromatic heterocycles. The van der Waals surface area contributed by atoms with Crippen LogP contribution in [0.1, 0.15) is 101 Å². The standard InChI is InChI=1S/C18H23FO3.C16H25N3O.H2/c1-11-7-16(22-10-18(9-11)5-6-18)14-4-3-13(19)8-15(14)12(2)17(20)21;1(2-11-20-15-8-10-17-12-15)5-14-7-6-13-4-3-9-18-16(13)19-14;/h3-4,8,11-12,16H,5-7,9-10H2,1-2H3,(H,20,21);6-7,15,17H,1-5,8-12H2,(H,18,19);1H/t11?,12-,16-;15-;/m01./s1. The van der Waals surface area contributed by atoms with Gasteiger partial charge in [0, 0.05) is 26.8 Å². The van der Waals surface area contributed by atoms with Crippen LogP contribution < -0.4 is 10.6 Å². The summed E-state index contributed by atoms with van der Waals surface area (Å²) in [4.78, 5) is 16.1. The summed E-state index contributed by atoms with van der Waals surface area (Å²) in [5.41, 5.74) is 4.31. The fraction of sp³-hybridized carbons (Fsp3) is 0.647. The van der Waals surface area contributed by atoms with E-state index in [1.807, 2.05) is 0 Å². The summed E-state index contributed by atoms with van der Waals surface area (Å²) in [7, 11) is 0. The highest BCUT2D eigenvalue weighted by Gasteiger charge is 2.46. The first-order valence-corrected chi connectivity index (χ1v) is 16.0. The minimum Gasteiger partial charge on any atom is -0.481 e. The zero-order valence-electron chi connectivity index (χ0n) is 25.3. The molecule has 0 bridgehead atoms. The third-order valence-electron chi connectivity index (χ3n) is 9.33. The molecule has 1 aliphatic carbocycles. The summed E-state index contributed by atoms with van der Waals surface area (Å²) in [6.07, 6.45) is 11.7. The minimum atomic E-state index is -0.938. The fourth-order valence-corrected chi connectivity index (χ4v) is 6.62. The number of fused-ring (bicyclic) bond motifs is 1. The van der Waals surface area contributed by atoms with Crippen LogP contribution in [0.5, 0.6) is 0 Å². The second-order valence-corrected chi connectivity index (χ2v) is 13.0. The first-order valence-electron chi connectivity index (χ1n) is 16.0. The number of ether oxygens (including phenoxy) is 2. The number of carboxylic acids is 1. The van der Waals surface area contributed by atoms with Gasteiger partial charge in [0.15, 0.2) is 0 Å². The van der Waals surface area contributed by atoms with Gasteiger partial charge in [-0.25, -0.2) is 9.37 Å². The average Bonchev–Trinajstić information content (AvgIpc) is 3.59. The molecule has 4 heterocycles. The molecule has 7 nitrogen and oxygen atoms in total. The fourth-order valence-electron chi connectivity index (χ4n) is 6.62.